The quantitative estimate of drug-likeness (QED) is 0.650. The van der Waals surface area contributed by atoms with Crippen molar-refractivity contribution in [3.8, 4) is 0 Å². The molecule has 2 N–H and O–H groups in total. The average molecular weight is 512 g/mol. The summed E-state index contributed by atoms with van der Waals surface area (Å²) in [5, 5.41) is 0. The maximum absolute atomic E-state index is 12.5. The molecule has 2 saturated heterocycles. The van der Waals surface area contributed by atoms with Crippen LogP contribution in [0.15, 0.2) is 30.3 Å². The van der Waals surface area contributed by atoms with Crippen molar-refractivity contribution in [2.24, 2.45) is 11.7 Å². The van der Waals surface area contributed by atoms with E-state index in [9.17, 15) is 4.79 Å². The van der Waals surface area contributed by atoms with Crippen molar-refractivity contribution in [1.29, 1.82) is 0 Å². The Bertz CT molecular complexity index is 635. The van der Waals surface area contributed by atoms with Gasteiger partial charge in [0.2, 0.25) is 5.91 Å². The van der Waals surface area contributed by atoms with Gasteiger partial charge in [0.05, 0.1) is 11.9 Å². The van der Waals surface area contributed by atoms with Crippen LogP contribution in [0.1, 0.15) is 32.1 Å². The van der Waals surface area contributed by atoms with Crippen LogP contribution in [0.25, 0.3) is 0 Å². The molecule has 4 rings (SSSR count). The fourth-order valence-electron chi connectivity index (χ4n) is 5.01. The van der Waals surface area contributed by atoms with Gasteiger partial charge in [0, 0.05) is 50.2 Å². The van der Waals surface area contributed by atoms with Crippen molar-refractivity contribution >= 4 is 60.6 Å². The molecule has 3 aliphatic rings. The first-order valence-electron chi connectivity index (χ1n) is 10.9. The van der Waals surface area contributed by atoms with Gasteiger partial charge in [0.15, 0.2) is 0 Å². The zero-order chi connectivity index (χ0) is 19.3. The van der Waals surface area contributed by atoms with Crippen LogP contribution in [0.4, 0.5) is 5.69 Å². The zero-order valence-electron chi connectivity index (χ0n) is 18.1. The summed E-state index contributed by atoms with van der Waals surface area (Å²) < 4.78 is 0. The second kappa shape index (κ2) is 14.0. The molecule has 9 heteroatoms. The normalized spacial score (nSPS) is 25.1. The smallest absolute Gasteiger partial charge is 0.240 e. The third kappa shape index (κ3) is 7.58. The Balaban J connectivity index is 0.00000160. The highest BCUT2D eigenvalue weighted by molar-refractivity contribution is 7.99. The third-order valence-corrected chi connectivity index (χ3v) is 7.70. The molecule has 1 amide bonds. The summed E-state index contributed by atoms with van der Waals surface area (Å²) in [6, 6.07) is 11.2. The minimum absolute atomic E-state index is 0. The summed E-state index contributed by atoms with van der Waals surface area (Å²) in [5.41, 5.74) is 7.61. The van der Waals surface area contributed by atoms with E-state index >= 15 is 0 Å². The number of carbonyl (C=O) groups is 1. The highest BCUT2D eigenvalue weighted by Crippen LogP contribution is 2.31. The highest BCUT2D eigenvalue weighted by atomic mass is 35.5. The van der Waals surface area contributed by atoms with Crippen LogP contribution >= 0.6 is 49.0 Å². The van der Waals surface area contributed by atoms with E-state index in [1.54, 1.807) is 0 Å². The number of para-hydroxylation sites is 1. The maximum atomic E-state index is 12.5. The second-order valence-electron chi connectivity index (χ2n) is 8.51. The van der Waals surface area contributed by atoms with Gasteiger partial charge in [0.25, 0.3) is 0 Å². The van der Waals surface area contributed by atoms with E-state index in [-0.39, 0.29) is 49.2 Å². The van der Waals surface area contributed by atoms with Crippen molar-refractivity contribution < 1.29 is 4.79 Å². The standard InChI is InChI=1S/C22H34N4OS.3ClH/c23-21(22(27)26-14-15-28-17-26)16-18-6-8-20(9-7-18)25-12-10-24(11-13-25)19-4-2-1-3-5-19;;;/h1-5,18,20-21H,6-17,23H2;3*1H/t18-,20+,21-;;;/m0.../s1. The molecule has 2 aliphatic heterocycles. The summed E-state index contributed by atoms with van der Waals surface area (Å²) in [4.78, 5) is 19.6. The van der Waals surface area contributed by atoms with E-state index in [1.807, 2.05) is 16.7 Å². The first-order chi connectivity index (χ1) is 13.7. The molecule has 3 fully saturated rings. The van der Waals surface area contributed by atoms with Gasteiger partial charge < -0.3 is 15.5 Å². The van der Waals surface area contributed by atoms with Gasteiger partial charge in [-0.3, -0.25) is 9.69 Å². The van der Waals surface area contributed by atoms with E-state index in [4.69, 9.17) is 5.73 Å². The number of nitrogens with zero attached hydrogens (tertiary/aromatic N) is 3. The van der Waals surface area contributed by atoms with Crippen molar-refractivity contribution in [3.05, 3.63) is 30.3 Å². The van der Waals surface area contributed by atoms with Crippen LogP contribution in [0.2, 0.25) is 0 Å². The first kappa shape index (κ1) is 28.7. The van der Waals surface area contributed by atoms with Gasteiger partial charge in [-0.05, 0) is 50.2 Å². The molecule has 0 unspecified atom stereocenters. The van der Waals surface area contributed by atoms with E-state index in [0.29, 0.717) is 5.92 Å². The number of hydrogen-bond donors (Lipinski definition) is 1. The summed E-state index contributed by atoms with van der Waals surface area (Å²) in [5.74, 6) is 2.68. The third-order valence-electron chi connectivity index (χ3n) is 6.74. The molecule has 1 aromatic carbocycles. The van der Waals surface area contributed by atoms with Crippen LogP contribution in [0, 0.1) is 5.92 Å². The largest absolute Gasteiger partial charge is 0.369 e. The number of anilines is 1. The highest BCUT2D eigenvalue weighted by Gasteiger charge is 2.31. The fourth-order valence-corrected chi connectivity index (χ4v) is 5.97. The minimum Gasteiger partial charge on any atom is -0.369 e. The Kier molecular flexibility index (Phi) is 13.0. The molecule has 1 aromatic rings. The predicted molar refractivity (Wildman–Crippen MR) is 139 cm³/mol. The van der Waals surface area contributed by atoms with E-state index in [1.165, 1.54) is 31.4 Å². The van der Waals surface area contributed by atoms with E-state index in [2.05, 4.69) is 40.1 Å². The van der Waals surface area contributed by atoms with Crippen LogP contribution in [0.5, 0.6) is 0 Å². The molecular weight excluding hydrogens is 475 g/mol. The molecule has 1 aliphatic carbocycles. The Morgan fingerprint density at radius 2 is 1.61 bits per heavy atom. The molecule has 0 aromatic heterocycles. The number of halogens is 3. The maximum Gasteiger partial charge on any atom is 0.240 e. The number of benzene rings is 1. The van der Waals surface area contributed by atoms with Gasteiger partial charge in [-0.15, -0.1) is 49.0 Å². The van der Waals surface area contributed by atoms with Gasteiger partial charge in [0.1, 0.15) is 0 Å². The molecular formula is C22H37Cl3N4OS. The van der Waals surface area contributed by atoms with Crippen LogP contribution in [-0.4, -0.2) is 72.1 Å². The van der Waals surface area contributed by atoms with Crippen LogP contribution in [-0.2, 0) is 4.79 Å². The second-order valence-corrected chi connectivity index (χ2v) is 9.59. The molecule has 1 atom stereocenters. The molecule has 0 radical (unpaired) electrons. The number of hydrogen-bond acceptors (Lipinski definition) is 5. The number of carbonyl (C=O) groups excluding carboxylic acids is 1. The van der Waals surface area contributed by atoms with Gasteiger partial charge >= 0.3 is 0 Å². The first-order valence-corrected chi connectivity index (χ1v) is 12.0. The summed E-state index contributed by atoms with van der Waals surface area (Å²) in [7, 11) is 0. The van der Waals surface area contributed by atoms with Gasteiger partial charge in [-0.1, -0.05) is 18.2 Å². The Morgan fingerprint density at radius 1 is 0.968 bits per heavy atom. The number of rotatable bonds is 5. The molecule has 2 heterocycles. The van der Waals surface area contributed by atoms with Crippen molar-refractivity contribution in [2.45, 2.75) is 44.2 Å². The summed E-state index contributed by atoms with van der Waals surface area (Å²) in [6.07, 6.45) is 5.83. The van der Waals surface area contributed by atoms with Crippen molar-refractivity contribution in [2.75, 3.05) is 49.3 Å². The summed E-state index contributed by atoms with van der Waals surface area (Å²) >= 11 is 1.83. The topological polar surface area (TPSA) is 52.8 Å². The molecule has 0 spiro atoms. The number of thioether (sulfide) groups is 1. The lowest BCUT2D eigenvalue weighted by atomic mass is 9.81. The van der Waals surface area contributed by atoms with E-state index < -0.39 is 0 Å². The molecule has 31 heavy (non-hydrogen) atoms. The van der Waals surface area contributed by atoms with Crippen LogP contribution < -0.4 is 10.6 Å². The molecule has 5 nitrogen and oxygen atoms in total. The minimum atomic E-state index is -0.297. The molecule has 178 valence electrons. The monoisotopic (exact) mass is 510 g/mol. The van der Waals surface area contributed by atoms with Gasteiger partial charge in [-0.2, -0.15) is 0 Å². The summed E-state index contributed by atoms with van der Waals surface area (Å²) in [6.45, 7) is 5.44. The van der Waals surface area contributed by atoms with Crippen molar-refractivity contribution in [1.82, 2.24) is 9.80 Å². The zero-order valence-corrected chi connectivity index (χ0v) is 21.3. The molecule has 1 saturated carbocycles. The Hall–Kier alpha value is -0.370. The van der Waals surface area contributed by atoms with E-state index in [0.717, 1.165) is 56.8 Å². The fraction of sp³-hybridized carbons (Fsp3) is 0.682. The number of piperazine rings is 1. The van der Waals surface area contributed by atoms with Gasteiger partial charge in [-0.25, -0.2) is 0 Å². The lowest BCUT2D eigenvalue weighted by Crippen LogP contribution is -2.51. The predicted octanol–water partition coefficient (Wildman–Crippen LogP) is 3.88. The molecule has 0 bridgehead atoms. The number of amides is 1. The van der Waals surface area contributed by atoms with Crippen molar-refractivity contribution in [3.63, 3.8) is 0 Å². The lowest BCUT2D eigenvalue weighted by molar-refractivity contribution is -0.131. The number of nitrogens with two attached hydrogens (primary N) is 1. The Morgan fingerprint density at radius 3 is 2.19 bits per heavy atom. The van der Waals surface area contributed by atoms with Crippen LogP contribution in [0.3, 0.4) is 0 Å². The average Bonchev–Trinajstić information content (AvgIpc) is 3.29. The lowest BCUT2D eigenvalue weighted by Gasteiger charge is -2.43. The SMILES string of the molecule is Cl.Cl.Cl.N[C@@H](C[C@H]1CC[C@@H](N2CCN(c3ccccc3)CC2)CC1)C(=O)N1CCSC1. The Labute approximate surface area is 210 Å².